The van der Waals surface area contributed by atoms with E-state index >= 15 is 0 Å². The van der Waals surface area contributed by atoms with Gasteiger partial charge in [-0.3, -0.25) is 9.69 Å². The van der Waals surface area contributed by atoms with Crippen LogP contribution in [-0.4, -0.2) is 56.5 Å². The number of hydrogen-bond donors (Lipinski definition) is 2. The second-order valence-electron chi connectivity index (χ2n) is 9.29. The van der Waals surface area contributed by atoms with Crippen molar-refractivity contribution in [2.24, 2.45) is 0 Å². The number of phenols is 1. The largest absolute Gasteiger partial charge is 0.506 e. The molecule has 0 saturated carbocycles. The molecule has 7 nitrogen and oxygen atoms in total. The SMILES string of the molecule is CN(CC=CC(=O)N1CCc2c(sc3ncnc(Nc4cc(O)c(Cl)c(Cl)c4)c23)C1)C(C)(C)C. The first-order valence-corrected chi connectivity index (χ1v) is 12.5. The Balaban J connectivity index is 1.53. The van der Waals surface area contributed by atoms with Crippen molar-refractivity contribution < 1.29 is 9.90 Å². The molecule has 0 unspecified atom stereocenters. The first-order valence-electron chi connectivity index (χ1n) is 10.9. The molecule has 3 heterocycles. The maximum atomic E-state index is 12.8. The number of nitrogens with one attached hydrogen (secondary N) is 1. The number of halogens is 2. The number of fused-ring (bicyclic) bond motifs is 3. The third kappa shape index (κ3) is 5.15. The number of thiophene rings is 1. The van der Waals surface area contributed by atoms with E-state index in [4.69, 9.17) is 23.2 Å². The molecule has 4 rings (SSSR count). The highest BCUT2D eigenvalue weighted by atomic mass is 35.5. The smallest absolute Gasteiger partial charge is 0.246 e. The zero-order valence-corrected chi connectivity index (χ0v) is 21.9. The van der Waals surface area contributed by atoms with Gasteiger partial charge in [0, 0.05) is 41.3 Å². The minimum atomic E-state index is -0.106. The molecule has 34 heavy (non-hydrogen) atoms. The van der Waals surface area contributed by atoms with Gasteiger partial charge in [0.25, 0.3) is 0 Å². The van der Waals surface area contributed by atoms with E-state index in [0.717, 1.165) is 20.7 Å². The van der Waals surface area contributed by atoms with Gasteiger partial charge in [-0.25, -0.2) is 9.97 Å². The first kappa shape index (κ1) is 24.7. The maximum absolute atomic E-state index is 12.8. The number of likely N-dealkylation sites (N-methyl/N-ethyl adjacent to an activating group) is 1. The Morgan fingerprint density at radius 1 is 1.32 bits per heavy atom. The number of anilines is 2. The summed E-state index contributed by atoms with van der Waals surface area (Å²) in [6.07, 6.45) is 5.81. The second kappa shape index (κ2) is 9.70. The number of carbonyl (C=O) groups excluding carboxylic acids is 1. The molecule has 3 aromatic rings. The van der Waals surface area contributed by atoms with E-state index in [0.29, 0.717) is 37.6 Å². The van der Waals surface area contributed by atoms with E-state index in [1.54, 1.807) is 23.5 Å². The molecular formula is C24H27Cl2N5O2S. The topological polar surface area (TPSA) is 81.6 Å². The molecule has 0 aliphatic carbocycles. The van der Waals surface area contributed by atoms with Gasteiger partial charge in [0.05, 0.1) is 17.0 Å². The lowest BCUT2D eigenvalue weighted by atomic mass is 10.0. The van der Waals surface area contributed by atoms with Crippen LogP contribution in [0.4, 0.5) is 11.5 Å². The average Bonchev–Trinajstić information content (AvgIpc) is 3.15. The van der Waals surface area contributed by atoms with Gasteiger partial charge in [-0.05, 0) is 45.9 Å². The molecule has 180 valence electrons. The Morgan fingerprint density at radius 3 is 2.79 bits per heavy atom. The molecule has 1 aliphatic heterocycles. The molecule has 2 aromatic heterocycles. The quantitative estimate of drug-likeness (QED) is 0.425. The molecule has 0 spiro atoms. The predicted octanol–water partition coefficient (Wildman–Crippen LogP) is 5.62. The van der Waals surface area contributed by atoms with Gasteiger partial charge in [0.1, 0.15) is 27.7 Å². The lowest BCUT2D eigenvalue weighted by Gasteiger charge is -2.31. The average molecular weight is 520 g/mol. The number of aromatic hydroxyl groups is 1. The predicted molar refractivity (Wildman–Crippen MR) is 139 cm³/mol. The molecule has 0 atom stereocenters. The number of aromatic nitrogens is 2. The van der Waals surface area contributed by atoms with E-state index in [-0.39, 0.29) is 27.2 Å². The van der Waals surface area contributed by atoms with Crippen molar-refractivity contribution in [3.8, 4) is 5.75 Å². The summed E-state index contributed by atoms with van der Waals surface area (Å²) >= 11 is 13.6. The number of nitrogens with zero attached hydrogens (tertiary/aromatic N) is 4. The van der Waals surface area contributed by atoms with Crippen LogP contribution < -0.4 is 5.32 Å². The number of hydrogen-bond acceptors (Lipinski definition) is 7. The van der Waals surface area contributed by atoms with Gasteiger partial charge in [-0.15, -0.1) is 11.3 Å². The molecule has 0 radical (unpaired) electrons. The monoisotopic (exact) mass is 519 g/mol. The lowest BCUT2D eigenvalue weighted by Crippen LogP contribution is -2.38. The summed E-state index contributed by atoms with van der Waals surface area (Å²) in [5.41, 5.74) is 1.77. The van der Waals surface area contributed by atoms with Crippen LogP contribution in [0, 0.1) is 0 Å². The molecule has 0 fully saturated rings. The number of carbonyl (C=O) groups is 1. The molecule has 0 bridgehead atoms. The normalized spacial score (nSPS) is 14.3. The minimum absolute atomic E-state index is 0.0149. The molecule has 1 aliphatic rings. The van der Waals surface area contributed by atoms with Crippen molar-refractivity contribution in [1.82, 2.24) is 19.8 Å². The van der Waals surface area contributed by atoms with Crippen LogP contribution in [0.25, 0.3) is 10.2 Å². The van der Waals surface area contributed by atoms with Gasteiger partial charge in [0.2, 0.25) is 5.91 Å². The highest BCUT2D eigenvalue weighted by Crippen LogP contribution is 2.40. The fourth-order valence-corrected chi connectivity index (χ4v) is 5.21. The molecular weight excluding hydrogens is 493 g/mol. The summed E-state index contributed by atoms with van der Waals surface area (Å²) in [5.74, 6) is 0.538. The van der Waals surface area contributed by atoms with Crippen LogP contribution in [0.3, 0.4) is 0 Å². The number of benzene rings is 1. The van der Waals surface area contributed by atoms with E-state index in [1.807, 2.05) is 18.0 Å². The van der Waals surface area contributed by atoms with Crippen molar-refractivity contribution in [1.29, 1.82) is 0 Å². The summed E-state index contributed by atoms with van der Waals surface area (Å²) in [4.78, 5) is 27.7. The molecule has 2 N–H and O–H groups in total. The van der Waals surface area contributed by atoms with Crippen molar-refractivity contribution in [3.05, 3.63) is 51.1 Å². The summed E-state index contributed by atoms with van der Waals surface area (Å²) < 4.78 is 0. The Kier molecular flexibility index (Phi) is 7.05. The van der Waals surface area contributed by atoms with Gasteiger partial charge >= 0.3 is 0 Å². The van der Waals surface area contributed by atoms with Crippen molar-refractivity contribution in [3.63, 3.8) is 0 Å². The second-order valence-corrected chi connectivity index (χ2v) is 11.2. The van der Waals surface area contributed by atoms with E-state index in [1.165, 1.54) is 12.4 Å². The van der Waals surface area contributed by atoms with Crippen molar-refractivity contribution >= 4 is 62.2 Å². The van der Waals surface area contributed by atoms with Crippen LogP contribution in [0.5, 0.6) is 5.75 Å². The van der Waals surface area contributed by atoms with Gasteiger partial charge in [-0.1, -0.05) is 29.3 Å². The number of rotatable bonds is 5. The Morgan fingerprint density at radius 2 is 2.09 bits per heavy atom. The third-order valence-corrected chi connectivity index (χ3v) is 7.92. The third-order valence-electron chi connectivity index (χ3n) is 6.01. The minimum Gasteiger partial charge on any atom is -0.506 e. The summed E-state index contributed by atoms with van der Waals surface area (Å²) in [7, 11) is 2.05. The van der Waals surface area contributed by atoms with Crippen LogP contribution in [-0.2, 0) is 17.8 Å². The Hall–Kier alpha value is -2.39. The first-order chi connectivity index (χ1) is 16.0. The number of amides is 1. The summed E-state index contributed by atoms with van der Waals surface area (Å²) in [5, 5.41) is 14.5. The molecule has 10 heteroatoms. The molecule has 1 amide bonds. The van der Waals surface area contributed by atoms with Crippen LogP contribution in [0.15, 0.2) is 30.6 Å². The van der Waals surface area contributed by atoms with Crippen LogP contribution in [0.1, 0.15) is 31.2 Å². The summed E-state index contributed by atoms with van der Waals surface area (Å²) in [6.45, 7) is 8.32. The van der Waals surface area contributed by atoms with Crippen LogP contribution in [0.2, 0.25) is 10.0 Å². The fourth-order valence-electron chi connectivity index (χ4n) is 3.69. The van der Waals surface area contributed by atoms with E-state index < -0.39 is 0 Å². The highest BCUT2D eigenvalue weighted by molar-refractivity contribution is 7.19. The van der Waals surface area contributed by atoms with E-state index in [2.05, 4.69) is 41.0 Å². The Bertz CT molecular complexity index is 1250. The number of phenolic OH excluding ortho intramolecular Hbond substituents is 1. The van der Waals surface area contributed by atoms with Crippen molar-refractivity contribution in [2.45, 2.75) is 39.3 Å². The Labute approximate surface area is 213 Å². The van der Waals surface area contributed by atoms with Gasteiger partial charge in [-0.2, -0.15) is 0 Å². The highest BCUT2D eigenvalue weighted by Gasteiger charge is 2.26. The van der Waals surface area contributed by atoms with E-state index in [9.17, 15) is 9.90 Å². The zero-order valence-electron chi connectivity index (χ0n) is 19.5. The molecule has 0 saturated heterocycles. The maximum Gasteiger partial charge on any atom is 0.246 e. The standard InChI is InChI=1S/C24H27Cl2N5O2S/c1-24(2,3)30(4)8-5-6-19(33)31-9-7-15-18(12-31)34-23-20(15)22(27-13-28-23)29-14-10-16(25)21(26)17(32)11-14/h5-6,10-11,13,32H,7-9,12H2,1-4H3,(H,27,28,29). The molecule has 1 aromatic carbocycles. The fraction of sp³-hybridized carbons (Fsp3) is 0.375. The summed E-state index contributed by atoms with van der Waals surface area (Å²) in [6, 6.07) is 3.14. The zero-order chi connectivity index (χ0) is 24.6. The lowest BCUT2D eigenvalue weighted by molar-refractivity contribution is -0.126. The van der Waals surface area contributed by atoms with Gasteiger partial charge in [0.15, 0.2) is 0 Å². The van der Waals surface area contributed by atoms with Crippen LogP contribution >= 0.6 is 34.5 Å². The van der Waals surface area contributed by atoms with Crippen molar-refractivity contribution in [2.75, 3.05) is 25.5 Å². The van der Waals surface area contributed by atoms with Gasteiger partial charge < -0.3 is 15.3 Å².